The second-order valence-corrected chi connectivity index (χ2v) is 11.9. The summed E-state index contributed by atoms with van der Waals surface area (Å²) in [6, 6.07) is 10.3. The number of hydrogen-bond donors (Lipinski definition) is 3. The van der Waals surface area contributed by atoms with Gasteiger partial charge in [-0.1, -0.05) is 29.8 Å². The normalized spacial score (nSPS) is 15.2. The van der Waals surface area contributed by atoms with Crippen LogP contribution in [0.5, 0.6) is 17.2 Å². The van der Waals surface area contributed by atoms with E-state index in [1.54, 1.807) is 38.1 Å². The topological polar surface area (TPSA) is 97.8 Å². The van der Waals surface area contributed by atoms with Crippen LogP contribution in [0.3, 0.4) is 0 Å². The molecule has 0 spiro atoms. The predicted molar refractivity (Wildman–Crippen MR) is 164 cm³/mol. The Balaban J connectivity index is 2.01. The van der Waals surface area contributed by atoms with E-state index >= 15 is 0 Å². The van der Waals surface area contributed by atoms with E-state index in [9.17, 15) is 72.4 Å². The van der Waals surface area contributed by atoms with Gasteiger partial charge in [-0.15, -0.1) is 0 Å². The number of aliphatic imine (C=N–C) groups is 3. The van der Waals surface area contributed by atoms with Crippen LogP contribution in [0.15, 0.2) is 69.6 Å². The summed E-state index contributed by atoms with van der Waals surface area (Å²) < 4.78 is 178. The molecule has 0 amide bonds. The van der Waals surface area contributed by atoms with E-state index in [1.807, 2.05) is 0 Å². The van der Waals surface area contributed by atoms with Gasteiger partial charge in [0.05, 0.1) is 24.2 Å². The van der Waals surface area contributed by atoms with Gasteiger partial charge in [0.1, 0.15) is 17.2 Å². The second kappa shape index (κ2) is 14.3. The summed E-state index contributed by atoms with van der Waals surface area (Å²) in [5.74, 6) is -40.6. The van der Waals surface area contributed by atoms with Gasteiger partial charge < -0.3 is 15.3 Å². The van der Waals surface area contributed by atoms with Crippen LogP contribution in [0.2, 0.25) is 0 Å². The first-order valence-corrected chi connectivity index (χ1v) is 14.6. The average Bonchev–Trinajstić information content (AvgIpc) is 3.03. The molecule has 0 bridgehead atoms. The molecule has 0 aliphatic heterocycles. The van der Waals surface area contributed by atoms with Gasteiger partial charge in [-0.05, 0) is 56.7 Å². The van der Waals surface area contributed by atoms with Crippen molar-refractivity contribution in [3.05, 3.63) is 88.0 Å². The number of aromatic hydroxyl groups is 3. The largest absolute Gasteiger partial charge is 0.507 e. The van der Waals surface area contributed by atoms with E-state index in [2.05, 4.69) is 15.0 Å². The first-order chi connectivity index (χ1) is 23.6. The number of phenols is 3. The SMILES string of the molecule is Cc1ccc(O)c(C=N[C@](C)(CN=Cc2cccc(C)c2O)CN=Cc2cccc(C(F)(F)C(F)(F)C(F)(F)C(F)(F)C(F)(F)C(F)(F)F)c2O)c1. The lowest BCUT2D eigenvalue weighted by atomic mass is 9.89. The molecule has 0 heterocycles. The number of nitrogens with zero attached hydrogens (tertiary/aromatic N) is 3. The number of halogens is 13. The predicted octanol–water partition coefficient (Wildman–Crippen LogP) is 9.03. The van der Waals surface area contributed by atoms with Gasteiger partial charge in [-0.2, -0.15) is 57.1 Å². The number of aryl methyl sites for hydroxylation is 2. The third-order valence-electron chi connectivity index (χ3n) is 7.63. The van der Waals surface area contributed by atoms with Crippen molar-refractivity contribution in [1.82, 2.24) is 0 Å². The maximum Gasteiger partial charge on any atom is 0.460 e. The van der Waals surface area contributed by atoms with Crippen LogP contribution in [0.4, 0.5) is 57.1 Å². The number of benzene rings is 3. The van der Waals surface area contributed by atoms with E-state index in [0.717, 1.165) is 5.56 Å². The van der Waals surface area contributed by atoms with Crippen molar-refractivity contribution in [3.63, 3.8) is 0 Å². The fourth-order valence-corrected chi connectivity index (χ4v) is 4.46. The summed E-state index contributed by atoms with van der Waals surface area (Å²) in [6.45, 7) is 4.08. The third-order valence-corrected chi connectivity index (χ3v) is 7.63. The highest BCUT2D eigenvalue weighted by Crippen LogP contribution is 2.62. The van der Waals surface area contributed by atoms with Crippen LogP contribution in [-0.4, -0.2) is 82.5 Å². The number of para-hydroxylation sites is 2. The Morgan fingerprint density at radius 2 is 1.08 bits per heavy atom. The average molecular weight is 762 g/mol. The van der Waals surface area contributed by atoms with Gasteiger partial charge in [-0.3, -0.25) is 15.0 Å². The molecule has 1 atom stereocenters. The molecule has 0 saturated heterocycles. The lowest BCUT2D eigenvalue weighted by Gasteiger charge is -2.39. The van der Waals surface area contributed by atoms with Crippen LogP contribution in [-0.2, 0) is 5.92 Å². The first kappa shape index (κ1) is 41.6. The zero-order valence-electron chi connectivity index (χ0n) is 26.9. The van der Waals surface area contributed by atoms with Crippen molar-refractivity contribution in [2.24, 2.45) is 15.0 Å². The Morgan fingerprint density at radius 1 is 0.577 bits per heavy atom. The fourth-order valence-electron chi connectivity index (χ4n) is 4.46. The first-order valence-electron chi connectivity index (χ1n) is 14.6. The van der Waals surface area contributed by atoms with E-state index in [0.29, 0.717) is 29.5 Å². The van der Waals surface area contributed by atoms with Crippen molar-refractivity contribution >= 4 is 18.6 Å². The maximum absolute atomic E-state index is 14.9. The van der Waals surface area contributed by atoms with Crippen LogP contribution >= 0.6 is 0 Å². The summed E-state index contributed by atoms with van der Waals surface area (Å²) in [6.07, 6.45) is -4.50. The zero-order chi connectivity index (χ0) is 39.7. The lowest BCUT2D eigenvalue weighted by molar-refractivity contribution is -0.441. The molecule has 3 aromatic carbocycles. The molecule has 52 heavy (non-hydrogen) atoms. The lowest BCUT2D eigenvalue weighted by Crippen LogP contribution is -2.69. The highest BCUT2D eigenvalue weighted by molar-refractivity contribution is 5.86. The van der Waals surface area contributed by atoms with Gasteiger partial charge in [0.25, 0.3) is 0 Å². The molecule has 284 valence electrons. The molecule has 3 rings (SSSR count). The minimum Gasteiger partial charge on any atom is -0.507 e. The molecule has 3 aromatic rings. The number of hydrogen-bond acceptors (Lipinski definition) is 6. The van der Waals surface area contributed by atoms with Crippen molar-refractivity contribution in [3.8, 4) is 17.2 Å². The van der Waals surface area contributed by atoms with E-state index in [-0.39, 0.29) is 29.7 Å². The van der Waals surface area contributed by atoms with Crippen LogP contribution in [0.1, 0.15) is 40.3 Å². The van der Waals surface area contributed by atoms with Crippen molar-refractivity contribution < 1.29 is 72.4 Å². The van der Waals surface area contributed by atoms with Gasteiger partial charge >= 0.3 is 35.8 Å². The molecule has 6 nitrogen and oxygen atoms in total. The van der Waals surface area contributed by atoms with Gasteiger partial charge in [0, 0.05) is 35.3 Å². The minimum absolute atomic E-state index is 0.0903. The van der Waals surface area contributed by atoms with E-state index in [1.165, 1.54) is 31.5 Å². The summed E-state index contributed by atoms with van der Waals surface area (Å²) in [4.78, 5) is 12.5. The molecule has 0 radical (unpaired) electrons. The Bertz CT molecular complexity index is 1860. The highest BCUT2D eigenvalue weighted by Gasteiger charge is 2.91. The van der Waals surface area contributed by atoms with Crippen molar-refractivity contribution in [2.75, 3.05) is 13.1 Å². The summed E-state index contributed by atoms with van der Waals surface area (Å²) in [7, 11) is 0. The quantitative estimate of drug-likeness (QED) is 0.120. The molecule has 0 saturated carbocycles. The molecular formula is C33H28F13N3O3. The maximum atomic E-state index is 14.9. The second-order valence-electron chi connectivity index (χ2n) is 11.9. The highest BCUT2D eigenvalue weighted by atomic mass is 19.4. The number of phenolic OH excluding ortho intramolecular Hbond substituents is 3. The van der Waals surface area contributed by atoms with E-state index < -0.39 is 64.7 Å². The molecule has 3 N–H and O–H groups in total. The standard InChI is InChI=1S/C33H28F13N3O3/c1-18-10-11-24(50)22(12-18)15-49-27(3,16-47-13-20-7-4-6-19(2)25(20)51)17-48-14-21-8-5-9-23(26(21)52)28(34,35)29(36,37)30(38,39)31(40,41)32(42,43)33(44,45)46/h4-15,50-52H,16-17H2,1-3H3/t27-/m1/s1. The zero-order valence-corrected chi connectivity index (χ0v) is 26.9. The molecule has 0 aromatic heterocycles. The minimum atomic E-state index is -8.10. The Labute approximate surface area is 286 Å². The van der Waals surface area contributed by atoms with Crippen LogP contribution < -0.4 is 0 Å². The van der Waals surface area contributed by atoms with Crippen molar-refractivity contribution in [1.29, 1.82) is 0 Å². The van der Waals surface area contributed by atoms with Gasteiger partial charge in [-0.25, -0.2) is 0 Å². The Kier molecular flexibility index (Phi) is 11.4. The third kappa shape index (κ3) is 7.67. The molecule has 0 fully saturated rings. The molecular weight excluding hydrogens is 733 g/mol. The summed E-state index contributed by atoms with van der Waals surface area (Å²) in [5, 5.41) is 30.8. The summed E-state index contributed by atoms with van der Waals surface area (Å²) in [5.41, 5.74) is -3.09. The fraction of sp³-hybridized carbons (Fsp3) is 0.364. The van der Waals surface area contributed by atoms with Crippen molar-refractivity contribution in [2.45, 2.75) is 62.1 Å². The van der Waals surface area contributed by atoms with Gasteiger partial charge in [0.15, 0.2) is 0 Å². The number of rotatable bonds is 13. The molecule has 19 heteroatoms. The monoisotopic (exact) mass is 761 g/mol. The van der Waals surface area contributed by atoms with Crippen LogP contribution in [0, 0.1) is 13.8 Å². The van der Waals surface area contributed by atoms with Crippen LogP contribution in [0.25, 0.3) is 0 Å². The molecule has 0 aliphatic rings. The molecule has 0 aliphatic carbocycles. The van der Waals surface area contributed by atoms with E-state index in [4.69, 9.17) is 0 Å². The molecule has 0 unspecified atom stereocenters. The summed E-state index contributed by atoms with van der Waals surface area (Å²) >= 11 is 0. The Hall–Kier alpha value is -4.84. The van der Waals surface area contributed by atoms with Gasteiger partial charge in [0.2, 0.25) is 0 Å². The smallest absolute Gasteiger partial charge is 0.460 e. The Morgan fingerprint density at radius 3 is 1.62 bits per heavy atom. The number of alkyl halides is 13.